The van der Waals surface area contributed by atoms with Crippen LogP contribution in [0.5, 0.6) is 0 Å². The Bertz CT molecular complexity index is 1350. The Morgan fingerprint density at radius 2 is 1.84 bits per heavy atom. The van der Waals surface area contributed by atoms with E-state index in [9.17, 15) is 27.2 Å². The monoisotopic (exact) mass is 462 g/mol. The van der Waals surface area contributed by atoms with Crippen LogP contribution in [0.3, 0.4) is 0 Å². The third-order valence-corrected chi connectivity index (χ3v) is 5.26. The van der Waals surface area contributed by atoms with Gasteiger partial charge in [-0.25, -0.2) is 9.37 Å². The Morgan fingerprint density at radius 1 is 1.09 bits per heavy atom. The second kappa shape index (κ2) is 8.42. The maximum atomic E-state index is 13.6. The fraction of sp³-hybridized carbons (Fsp3) is 0.0952. The average molecular weight is 462 g/mol. The van der Waals surface area contributed by atoms with Crippen molar-refractivity contribution < 1.29 is 22.4 Å². The average Bonchev–Trinajstić information content (AvgIpc) is 3.22. The second-order valence-electron chi connectivity index (χ2n) is 6.71. The lowest BCUT2D eigenvalue weighted by atomic mass is 10.1. The lowest BCUT2D eigenvalue weighted by Gasteiger charge is -2.16. The molecule has 0 unspecified atom stereocenters. The zero-order valence-electron chi connectivity index (χ0n) is 16.1. The number of hydrogen-bond acceptors (Lipinski definition) is 5. The van der Waals surface area contributed by atoms with Crippen LogP contribution in [-0.4, -0.2) is 15.3 Å². The van der Waals surface area contributed by atoms with Gasteiger partial charge in [0.25, 0.3) is 11.5 Å². The van der Waals surface area contributed by atoms with Gasteiger partial charge in [0, 0.05) is 34.6 Å². The summed E-state index contributed by atoms with van der Waals surface area (Å²) in [6.45, 7) is -0.103. The van der Waals surface area contributed by atoms with Crippen molar-refractivity contribution >= 4 is 33.6 Å². The lowest BCUT2D eigenvalue weighted by molar-refractivity contribution is -0.136. The van der Waals surface area contributed by atoms with Gasteiger partial charge in [0.2, 0.25) is 0 Å². The van der Waals surface area contributed by atoms with E-state index in [1.165, 1.54) is 46.1 Å². The number of carbonyl (C=O) groups excluding carboxylic acids is 1. The lowest BCUT2D eigenvalue weighted by Crippen LogP contribution is -2.17. The molecular weight excluding hydrogens is 448 g/mol. The molecule has 32 heavy (non-hydrogen) atoms. The molecule has 2 aromatic carbocycles. The summed E-state index contributed by atoms with van der Waals surface area (Å²) in [5.74, 6) is -1.21. The molecule has 0 aliphatic rings. The van der Waals surface area contributed by atoms with Crippen LogP contribution < -0.4 is 16.2 Å². The number of halogens is 4. The maximum Gasteiger partial charge on any atom is 0.418 e. The van der Waals surface area contributed by atoms with Crippen molar-refractivity contribution in [1.29, 1.82) is 0 Å². The summed E-state index contributed by atoms with van der Waals surface area (Å²) in [6, 6.07) is 9.15. The first-order valence-electron chi connectivity index (χ1n) is 9.18. The molecule has 11 heteroatoms. The SMILES string of the molecule is O=C(Nc1ccc(NCc2cc(=O)n3ccsc3n2)c(C(F)(F)F)c1)c1ccc(F)cc1. The molecule has 0 aliphatic heterocycles. The van der Waals surface area contributed by atoms with Crippen molar-refractivity contribution in [3.8, 4) is 0 Å². The molecule has 0 saturated carbocycles. The van der Waals surface area contributed by atoms with Gasteiger partial charge in [-0.3, -0.25) is 14.0 Å². The van der Waals surface area contributed by atoms with Gasteiger partial charge >= 0.3 is 6.18 Å². The summed E-state index contributed by atoms with van der Waals surface area (Å²) in [5.41, 5.74) is -1.24. The number of thiazole rings is 1. The maximum absolute atomic E-state index is 13.6. The molecule has 4 rings (SSSR count). The van der Waals surface area contributed by atoms with E-state index in [0.29, 0.717) is 10.7 Å². The molecule has 0 atom stereocenters. The van der Waals surface area contributed by atoms with Crippen molar-refractivity contribution in [2.75, 3.05) is 10.6 Å². The zero-order valence-corrected chi connectivity index (χ0v) is 16.9. The molecule has 1 amide bonds. The van der Waals surface area contributed by atoms with Gasteiger partial charge < -0.3 is 10.6 Å². The quantitative estimate of drug-likeness (QED) is 0.419. The number of nitrogens with zero attached hydrogens (tertiary/aromatic N) is 2. The van der Waals surface area contributed by atoms with E-state index in [4.69, 9.17) is 0 Å². The summed E-state index contributed by atoms with van der Waals surface area (Å²) in [6.07, 6.45) is -3.14. The van der Waals surface area contributed by atoms with Gasteiger partial charge in [0.05, 0.1) is 17.8 Å². The summed E-state index contributed by atoms with van der Waals surface area (Å²) in [7, 11) is 0. The molecule has 0 saturated heterocycles. The van der Waals surface area contributed by atoms with Crippen LogP contribution in [0.1, 0.15) is 21.6 Å². The highest BCUT2D eigenvalue weighted by Gasteiger charge is 2.34. The first-order valence-corrected chi connectivity index (χ1v) is 10.1. The van der Waals surface area contributed by atoms with Gasteiger partial charge in [-0.1, -0.05) is 0 Å². The number of fused-ring (bicyclic) bond motifs is 1. The molecule has 4 aromatic rings. The largest absolute Gasteiger partial charge is 0.418 e. The Morgan fingerprint density at radius 3 is 2.56 bits per heavy atom. The zero-order chi connectivity index (χ0) is 22.9. The Labute approximate surface area is 182 Å². The number of benzene rings is 2. The van der Waals surface area contributed by atoms with E-state index in [2.05, 4.69) is 15.6 Å². The predicted molar refractivity (Wildman–Crippen MR) is 112 cm³/mol. The minimum absolute atomic E-state index is 0.0754. The smallest absolute Gasteiger partial charge is 0.379 e. The molecule has 2 heterocycles. The molecule has 2 N–H and O–H groups in total. The number of amides is 1. The van der Waals surface area contributed by atoms with Gasteiger partial charge in [-0.2, -0.15) is 13.2 Å². The minimum Gasteiger partial charge on any atom is -0.379 e. The highest BCUT2D eigenvalue weighted by Crippen LogP contribution is 2.37. The molecular formula is C21H14F4N4O2S. The van der Waals surface area contributed by atoms with Crippen LogP contribution in [-0.2, 0) is 12.7 Å². The molecule has 6 nitrogen and oxygen atoms in total. The number of hydrogen-bond donors (Lipinski definition) is 2. The fourth-order valence-corrected chi connectivity index (χ4v) is 3.72. The summed E-state index contributed by atoms with van der Waals surface area (Å²) < 4.78 is 55.2. The first kappa shape index (κ1) is 21.5. The minimum atomic E-state index is -4.70. The van der Waals surface area contributed by atoms with Crippen LogP contribution in [0.15, 0.2) is 64.9 Å². The second-order valence-corrected chi connectivity index (χ2v) is 7.59. The third kappa shape index (κ3) is 4.62. The van der Waals surface area contributed by atoms with Crippen LogP contribution in [0, 0.1) is 5.82 Å². The normalized spacial score (nSPS) is 11.5. The van der Waals surface area contributed by atoms with Crippen LogP contribution >= 0.6 is 11.3 Å². The fourth-order valence-electron chi connectivity index (χ4n) is 2.98. The third-order valence-electron chi connectivity index (χ3n) is 4.51. The summed E-state index contributed by atoms with van der Waals surface area (Å²) >= 11 is 1.23. The van der Waals surface area contributed by atoms with E-state index < -0.39 is 23.5 Å². The Balaban J connectivity index is 1.56. The van der Waals surface area contributed by atoms with E-state index in [-0.39, 0.29) is 29.0 Å². The highest BCUT2D eigenvalue weighted by atomic mass is 32.1. The number of aromatic nitrogens is 2. The van der Waals surface area contributed by atoms with Crippen molar-refractivity contribution in [3.63, 3.8) is 0 Å². The Hall–Kier alpha value is -3.73. The first-order chi connectivity index (χ1) is 15.2. The van der Waals surface area contributed by atoms with Crippen LogP contribution in [0.4, 0.5) is 28.9 Å². The number of rotatable bonds is 5. The number of alkyl halides is 3. The van der Waals surface area contributed by atoms with Crippen molar-refractivity contribution in [3.05, 3.63) is 93.1 Å². The highest BCUT2D eigenvalue weighted by molar-refractivity contribution is 7.15. The van der Waals surface area contributed by atoms with Crippen LogP contribution in [0.25, 0.3) is 4.96 Å². The van der Waals surface area contributed by atoms with E-state index >= 15 is 0 Å². The van der Waals surface area contributed by atoms with Crippen molar-refractivity contribution in [2.45, 2.75) is 12.7 Å². The van der Waals surface area contributed by atoms with Crippen LogP contribution in [0.2, 0.25) is 0 Å². The van der Waals surface area contributed by atoms with E-state index in [1.807, 2.05) is 0 Å². The standard InChI is InChI=1S/C21H14F4N4O2S/c22-13-3-1-12(2-4-13)19(31)27-14-5-6-17(16(9-14)21(23,24)25)26-11-15-10-18(30)29-7-8-32-20(29)28-15/h1-10,26H,11H2,(H,27,31). The molecule has 0 fully saturated rings. The predicted octanol–water partition coefficient (Wildman–Crippen LogP) is 4.78. The van der Waals surface area contributed by atoms with Gasteiger partial charge in [0.15, 0.2) is 4.96 Å². The van der Waals surface area contributed by atoms with Crippen molar-refractivity contribution in [1.82, 2.24) is 9.38 Å². The summed E-state index contributed by atoms with van der Waals surface area (Å²) in [5, 5.41) is 6.71. The number of nitrogens with one attached hydrogen (secondary N) is 2. The number of carbonyl (C=O) groups is 1. The van der Waals surface area contributed by atoms with Gasteiger partial charge in [-0.05, 0) is 42.5 Å². The van der Waals surface area contributed by atoms with E-state index in [1.54, 1.807) is 11.6 Å². The molecule has 164 valence electrons. The van der Waals surface area contributed by atoms with E-state index in [0.717, 1.165) is 18.2 Å². The van der Waals surface area contributed by atoms with Gasteiger partial charge in [-0.15, -0.1) is 11.3 Å². The number of anilines is 2. The molecule has 0 spiro atoms. The molecule has 0 bridgehead atoms. The molecule has 0 aliphatic carbocycles. The van der Waals surface area contributed by atoms with Gasteiger partial charge in [0.1, 0.15) is 5.82 Å². The topological polar surface area (TPSA) is 75.5 Å². The summed E-state index contributed by atoms with van der Waals surface area (Å²) in [4.78, 5) is 29.0. The van der Waals surface area contributed by atoms with Crippen molar-refractivity contribution in [2.24, 2.45) is 0 Å². The Kier molecular flexibility index (Phi) is 5.66. The molecule has 0 radical (unpaired) electrons. The molecule has 2 aromatic heterocycles.